The van der Waals surface area contributed by atoms with Gasteiger partial charge in [0.25, 0.3) is 0 Å². The van der Waals surface area contributed by atoms with Crippen LogP contribution in [0, 0.1) is 0 Å². The van der Waals surface area contributed by atoms with Crippen LogP contribution in [0.3, 0.4) is 0 Å². The lowest BCUT2D eigenvalue weighted by molar-refractivity contribution is 0.174. The van der Waals surface area contributed by atoms with E-state index >= 15 is 0 Å². The van der Waals surface area contributed by atoms with E-state index in [1.54, 1.807) is 0 Å². The molecule has 0 bridgehead atoms. The van der Waals surface area contributed by atoms with Crippen LogP contribution in [0.25, 0.3) is 0 Å². The van der Waals surface area contributed by atoms with Gasteiger partial charge in [0.1, 0.15) is 12.4 Å². The van der Waals surface area contributed by atoms with E-state index in [0.717, 1.165) is 29.2 Å². The summed E-state index contributed by atoms with van der Waals surface area (Å²) in [4.78, 5) is 0. The number of nitrogens with two attached hydrogens (primary N) is 1. The van der Waals surface area contributed by atoms with Gasteiger partial charge in [0.05, 0.1) is 6.04 Å². The number of aryl methyl sites for hydroxylation is 1. The molecule has 21 heavy (non-hydrogen) atoms. The lowest BCUT2D eigenvalue weighted by atomic mass is 10.1. The van der Waals surface area contributed by atoms with Gasteiger partial charge in [-0.3, -0.25) is 0 Å². The zero-order chi connectivity index (χ0) is 14.7. The topological polar surface area (TPSA) is 53.7 Å². The summed E-state index contributed by atoms with van der Waals surface area (Å²) in [6.07, 6.45) is 0.940. The van der Waals surface area contributed by atoms with Crippen LogP contribution >= 0.6 is 0 Å². The molecule has 4 heteroatoms. The van der Waals surface area contributed by atoms with E-state index in [1.165, 1.54) is 5.56 Å². The van der Waals surface area contributed by atoms with Gasteiger partial charge in [-0.1, -0.05) is 31.2 Å². The first-order chi connectivity index (χ1) is 10.3. The molecule has 2 aromatic rings. The van der Waals surface area contributed by atoms with Gasteiger partial charge in [0.2, 0.25) is 6.79 Å². The molecule has 0 aliphatic carbocycles. The van der Waals surface area contributed by atoms with Crippen molar-refractivity contribution in [1.82, 2.24) is 0 Å². The molecule has 1 atom stereocenters. The molecule has 110 valence electrons. The molecule has 1 aliphatic rings. The molecule has 0 radical (unpaired) electrons. The maximum atomic E-state index is 6.21. The molecule has 0 fully saturated rings. The zero-order valence-electron chi connectivity index (χ0n) is 12.0. The van der Waals surface area contributed by atoms with E-state index in [-0.39, 0.29) is 12.8 Å². The fourth-order valence-electron chi connectivity index (χ4n) is 2.36. The van der Waals surface area contributed by atoms with Crippen LogP contribution < -0.4 is 19.9 Å². The van der Waals surface area contributed by atoms with Crippen LogP contribution in [0.1, 0.15) is 24.1 Å². The lowest BCUT2D eigenvalue weighted by Gasteiger charge is -2.16. The quantitative estimate of drug-likeness (QED) is 0.917. The monoisotopic (exact) mass is 285 g/mol. The molecule has 1 unspecified atom stereocenters. The maximum Gasteiger partial charge on any atom is 0.231 e. The number of rotatable bonds is 5. The summed E-state index contributed by atoms with van der Waals surface area (Å²) >= 11 is 0. The predicted octanol–water partition coefficient (Wildman–Crippen LogP) is 3.06. The van der Waals surface area contributed by atoms with Crippen LogP contribution in [0.2, 0.25) is 0 Å². The smallest absolute Gasteiger partial charge is 0.231 e. The molecule has 0 aromatic heterocycles. The van der Waals surface area contributed by atoms with Crippen LogP contribution in [-0.2, 0) is 6.42 Å². The van der Waals surface area contributed by atoms with Gasteiger partial charge in [0.15, 0.2) is 11.5 Å². The van der Waals surface area contributed by atoms with Crippen molar-refractivity contribution in [2.75, 3.05) is 13.4 Å². The summed E-state index contributed by atoms with van der Waals surface area (Å²) in [6, 6.07) is 13.6. The average Bonchev–Trinajstić information content (AvgIpc) is 3.00. The Kier molecular flexibility index (Phi) is 3.97. The Morgan fingerprint density at radius 1 is 1.14 bits per heavy atom. The van der Waals surface area contributed by atoms with Gasteiger partial charge in [-0.15, -0.1) is 0 Å². The molecule has 3 rings (SSSR count). The first kappa shape index (κ1) is 13.8. The maximum absolute atomic E-state index is 6.21. The second-order valence-electron chi connectivity index (χ2n) is 4.99. The Hall–Kier alpha value is -2.20. The van der Waals surface area contributed by atoms with Gasteiger partial charge in [-0.05, 0) is 35.7 Å². The minimum atomic E-state index is -0.204. The highest BCUT2D eigenvalue weighted by atomic mass is 16.7. The van der Waals surface area contributed by atoms with E-state index in [4.69, 9.17) is 19.9 Å². The fourth-order valence-corrected chi connectivity index (χ4v) is 2.36. The Labute approximate surface area is 124 Å². The van der Waals surface area contributed by atoms with Crippen molar-refractivity contribution in [2.45, 2.75) is 19.4 Å². The van der Waals surface area contributed by atoms with E-state index < -0.39 is 0 Å². The number of hydrogen-bond acceptors (Lipinski definition) is 4. The van der Waals surface area contributed by atoms with Crippen molar-refractivity contribution in [3.05, 3.63) is 53.6 Å². The first-order valence-electron chi connectivity index (χ1n) is 7.13. The first-order valence-corrected chi connectivity index (χ1v) is 7.13. The highest BCUT2D eigenvalue weighted by molar-refractivity contribution is 5.45. The van der Waals surface area contributed by atoms with Gasteiger partial charge >= 0.3 is 0 Å². The van der Waals surface area contributed by atoms with Crippen LogP contribution in [0.4, 0.5) is 0 Å². The lowest BCUT2D eigenvalue weighted by Crippen LogP contribution is -2.19. The summed E-state index contributed by atoms with van der Waals surface area (Å²) in [6.45, 7) is 2.81. The van der Waals surface area contributed by atoms with E-state index in [2.05, 4.69) is 13.0 Å². The normalized spacial score (nSPS) is 14.0. The number of ether oxygens (including phenoxy) is 3. The molecule has 2 N–H and O–H groups in total. The molecule has 0 saturated heterocycles. The summed E-state index contributed by atoms with van der Waals surface area (Å²) in [7, 11) is 0. The Balaban J connectivity index is 1.67. The van der Waals surface area contributed by atoms with Gasteiger partial charge < -0.3 is 19.9 Å². The second kappa shape index (κ2) is 6.06. The minimum absolute atomic E-state index is 0.204. The van der Waals surface area contributed by atoms with Crippen LogP contribution in [0.5, 0.6) is 17.2 Å². The fraction of sp³-hybridized carbons (Fsp3) is 0.294. The van der Waals surface area contributed by atoms with Crippen molar-refractivity contribution >= 4 is 0 Å². The van der Waals surface area contributed by atoms with E-state index in [9.17, 15) is 0 Å². The number of hydrogen-bond donors (Lipinski definition) is 1. The minimum Gasteiger partial charge on any atom is -0.491 e. The molecule has 0 amide bonds. The third-order valence-corrected chi connectivity index (χ3v) is 3.60. The number of benzene rings is 2. The van der Waals surface area contributed by atoms with Gasteiger partial charge in [-0.25, -0.2) is 0 Å². The highest BCUT2D eigenvalue weighted by Crippen LogP contribution is 2.34. The molecule has 1 heterocycles. The predicted molar refractivity (Wildman–Crippen MR) is 80.8 cm³/mol. The van der Waals surface area contributed by atoms with E-state index in [0.29, 0.717) is 6.61 Å². The van der Waals surface area contributed by atoms with E-state index in [1.807, 2.05) is 36.4 Å². The van der Waals surface area contributed by atoms with Crippen molar-refractivity contribution in [3.63, 3.8) is 0 Å². The van der Waals surface area contributed by atoms with Crippen molar-refractivity contribution < 1.29 is 14.2 Å². The van der Waals surface area contributed by atoms with Crippen molar-refractivity contribution in [3.8, 4) is 17.2 Å². The molecular weight excluding hydrogens is 266 g/mol. The molecule has 4 nitrogen and oxygen atoms in total. The molecule has 0 spiro atoms. The SMILES string of the molecule is CCc1ccccc1OCC(N)c1ccc2c(c1)OCO2. The van der Waals surface area contributed by atoms with Crippen molar-refractivity contribution in [2.24, 2.45) is 5.73 Å². The van der Waals surface area contributed by atoms with Crippen molar-refractivity contribution in [1.29, 1.82) is 0 Å². The Morgan fingerprint density at radius 2 is 1.95 bits per heavy atom. The third kappa shape index (κ3) is 2.95. The summed E-state index contributed by atoms with van der Waals surface area (Å²) in [5.41, 5.74) is 8.38. The van der Waals surface area contributed by atoms with Gasteiger partial charge in [-0.2, -0.15) is 0 Å². The average molecular weight is 285 g/mol. The van der Waals surface area contributed by atoms with Crippen LogP contribution in [-0.4, -0.2) is 13.4 Å². The summed E-state index contributed by atoms with van der Waals surface area (Å²) < 4.78 is 16.5. The largest absolute Gasteiger partial charge is 0.491 e. The van der Waals surface area contributed by atoms with Gasteiger partial charge in [0, 0.05) is 0 Å². The third-order valence-electron chi connectivity index (χ3n) is 3.60. The molecular formula is C17H19NO3. The Bertz CT molecular complexity index is 627. The number of para-hydroxylation sites is 1. The highest BCUT2D eigenvalue weighted by Gasteiger charge is 2.16. The number of fused-ring (bicyclic) bond motifs is 1. The Morgan fingerprint density at radius 3 is 2.81 bits per heavy atom. The zero-order valence-corrected chi connectivity index (χ0v) is 12.0. The second-order valence-corrected chi connectivity index (χ2v) is 4.99. The molecule has 0 saturated carbocycles. The van der Waals surface area contributed by atoms with Crippen LogP contribution in [0.15, 0.2) is 42.5 Å². The standard InChI is InChI=1S/C17H19NO3/c1-2-12-5-3-4-6-15(12)19-10-14(18)13-7-8-16-17(9-13)21-11-20-16/h3-9,14H,2,10-11,18H2,1H3. The molecule has 1 aliphatic heterocycles. The summed E-state index contributed by atoms with van der Waals surface area (Å²) in [5, 5.41) is 0. The molecule has 2 aromatic carbocycles. The summed E-state index contributed by atoms with van der Waals surface area (Å²) in [5.74, 6) is 2.41.